The van der Waals surface area contributed by atoms with Crippen molar-refractivity contribution in [3.05, 3.63) is 66.1 Å². The Hall–Kier alpha value is -3.28. The zero-order chi connectivity index (χ0) is 21.9. The minimum Gasteiger partial charge on any atom is -0.486 e. The van der Waals surface area contributed by atoms with Crippen LogP contribution in [-0.4, -0.2) is 47.3 Å². The van der Waals surface area contributed by atoms with Crippen LogP contribution in [0.15, 0.2) is 59.0 Å². The van der Waals surface area contributed by atoms with Crippen LogP contribution in [-0.2, 0) is 11.4 Å². The van der Waals surface area contributed by atoms with E-state index in [9.17, 15) is 9.59 Å². The molecule has 6 heteroatoms. The molecule has 3 aromatic rings. The van der Waals surface area contributed by atoms with Gasteiger partial charge in [0.15, 0.2) is 5.76 Å². The van der Waals surface area contributed by atoms with Crippen LogP contribution in [0.1, 0.15) is 48.4 Å². The van der Waals surface area contributed by atoms with Crippen molar-refractivity contribution >= 4 is 22.6 Å². The first-order valence-electron chi connectivity index (χ1n) is 11.5. The number of carbonyl (C=O) groups excluding carboxylic acids is 2. The van der Waals surface area contributed by atoms with Crippen molar-refractivity contribution in [3.63, 3.8) is 0 Å². The van der Waals surface area contributed by atoms with Crippen molar-refractivity contribution in [1.82, 2.24) is 9.80 Å². The number of nitrogens with zero attached hydrogens (tertiary/aromatic N) is 2. The fourth-order valence-corrected chi connectivity index (χ4v) is 4.70. The number of hydrogen-bond acceptors (Lipinski definition) is 4. The largest absolute Gasteiger partial charge is 0.486 e. The van der Waals surface area contributed by atoms with Gasteiger partial charge in [0.05, 0.1) is 0 Å². The van der Waals surface area contributed by atoms with Crippen LogP contribution in [0.25, 0.3) is 10.8 Å². The molecule has 1 atom stereocenters. The summed E-state index contributed by atoms with van der Waals surface area (Å²) in [6, 6.07) is 17.1. The molecule has 2 fully saturated rings. The van der Waals surface area contributed by atoms with E-state index in [2.05, 4.69) is 6.07 Å². The number of hydrogen-bond donors (Lipinski definition) is 0. The van der Waals surface area contributed by atoms with Crippen LogP contribution in [0.2, 0.25) is 0 Å². The minimum atomic E-state index is -0.378. The minimum absolute atomic E-state index is 0.0852. The lowest BCUT2D eigenvalue weighted by Crippen LogP contribution is -2.52. The molecular formula is C26H28N2O4. The third-order valence-corrected chi connectivity index (χ3v) is 6.44. The van der Waals surface area contributed by atoms with E-state index in [1.54, 1.807) is 17.0 Å². The number of fused-ring (bicyclic) bond motifs is 1. The van der Waals surface area contributed by atoms with Gasteiger partial charge in [-0.3, -0.25) is 9.59 Å². The van der Waals surface area contributed by atoms with Gasteiger partial charge in [0.2, 0.25) is 5.91 Å². The van der Waals surface area contributed by atoms with Crippen LogP contribution in [0.3, 0.4) is 0 Å². The quantitative estimate of drug-likeness (QED) is 0.590. The predicted molar refractivity (Wildman–Crippen MR) is 121 cm³/mol. The molecule has 32 heavy (non-hydrogen) atoms. The van der Waals surface area contributed by atoms with Gasteiger partial charge in [-0.05, 0) is 67.1 Å². The molecule has 0 saturated carbocycles. The average Bonchev–Trinajstić information content (AvgIpc) is 3.54. The Bertz CT molecular complexity index is 1120. The summed E-state index contributed by atoms with van der Waals surface area (Å²) in [6.07, 6.45) is 4.70. The molecule has 0 aliphatic carbocycles. The fraction of sp³-hybridized carbons (Fsp3) is 0.385. The SMILES string of the molecule is O=C(C1CCCCN1C(=O)c1ccc(COc2ccc3ccccc3c2)o1)N1CCCC1. The molecule has 1 aromatic heterocycles. The van der Waals surface area contributed by atoms with Crippen molar-refractivity contribution in [2.45, 2.75) is 44.8 Å². The Kier molecular flexibility index (Phi) is 5.84. The van der Waals surface area contributed by atoms with Crippen LogP contribution in [0.5, 0.6) is 5.75 Å². The Morgan fingerprint density at radius 3 is 2.53 bits per heavy atom. The normalized spacial score (nSPS) is 18.8. The summed E-state index contributed by atoms with van der Waals surface area (Å²) in [7, 11) is 0. The van der Waals surface area contributed by atoms with E-state index in [0.717, 1.165) is 61.7 Å². The number of furan rings is 1. The van der Waals surface area contributed by atoms with Crippen molar-refractivity contribution in [2.75, 3.05) is 19.6 Å². The van der Waals surface area contributed by atoms with Crippen molar-refractivity contribution < 1.29 is 18.7 Å². The Balaban J connectivity index is 1.25. The smallest absolute Gasteiger partial charge is 0.290 e. The van der Waals surface area contributed by atoms with Gasteiger partial charge in [-0.1, -0.05) is 30.3 Å². The van der Waals surface area contributed by atoms with Gasteiger partial charge in [-0.15, -0.1) is 0 Å². The van der Waals surface area contributed by atoms with E-state index in [1.807, 2.05) is 41.3 Å². The molecule has 3 heterocycles. The zero-order valence-electron chi connectivity index (χ0n) is 18.2. The van der Waals surface area contributed by atoms with Crippen LogP contribution >= 0.6 is 0 Å². The van der Waals surface area contributed by atoms with Crippen LogP contribution < -0.4 is 4.74 Å². The van der Waals surface area contributed by atoms with Gasteiger partial charge in [-0.2, -0.15) is 0 Å². The molecule has 0 radical (unpaired) electrons. The number of benzene rings is 2. The van der Waals surface area contributed by atoms with E-state index in [4.69, 9.17) is 9.15 Å². The molecule has 2 amide bonds. The number of ether oxygens (including phenoxy) is 1. The number of likely N-dealkylation sites (tertiary alicyclic amines) is 2. The van der Waals surface area contributed by atoms with E-state index >= 15 is 0 Å². The van der Waals surface area contributed by atoms with Gasteiger partial charge < -0.3 is 19.0 Å². The lowest BCUT2D eigenvalue weighted by atomic mass is 10.0. The highest BCUT2D eigenvalue weighted by Gasteiger charge is 2.36. The number of rotatable bonds is 5. The lowest BCUT2D eigenvalue weighted by Gasteiger charge is -2.36. The van der Waals surface area contributed by atoms with Gasteiger partial charge in [0, 0.05) is 19.6 Å². The maximum Gasteiger partial charge on any atom is 0.290 e. The zero-order valence-corrected chi connectivity index (χ0v) is 18.2. The summed E-state index contributed by atoms with van der Waals surface area (Å²) >= 11 is 0. The molecule has 2 aliphatic heterocycles. The molecule has 2 saturated heterocycles. The fourth-order valence-electron chi connectivity index (χ4n) is 4.70. The summed E-state index contributed by atoms with van der Waals surface area (Å²) < 4.78 is 11.7. The Morgan fingerprint density at radius 2 is 1.69 bits per heavy atom. The topological polar surface area (TPSA) is 63.0 Å². The van der Waals surface area contributed by atoms with Crippen molar-refractivity contribution in [3.8, 4) is 5.75 Å². The Morgan fingerprint density at radius 1 is 0.906 bits per heavy atom. The second-order valence-corrected chi connectivity index (χ2v) is 8.61. The molecule has 6 nitrogen and oxygen atoms in total. The first-order chi connectivity index (χ1) is 15.7. The van der Waals surface area contributed by atoms with Gasteiger partial charge in [0.25, 0.3) is 5.91 Å². The third kappa shape index (κ3) is 4.22. The lowest BCUT2D eigenvalue weighted by molar-refractivity contribution is -0.136. The summed E-state index contributed by atoms with van der Waals surface area (Å²) in [5.41, 5.74) is 0. The predicted octanol–water partition coefficient (Wildman–Crippen LogP) is 4.63. The molecule has 0 bridgehead atoms. The van der Waals surface area contributed by atoms with Crippen molar-refractivity contribution in [1.29, 1.82) is 0 Å². The Labute approximate surface area is 187 Å². The second-order valence-electron chi connectivity index (χ2n) is 8.61. The summed E-state index contributed by atoms with van der Waals surface area (Å²) in [6.45, 7) is 2.43. The molecule has 1 unspecified atom stereocenters. The van der Waals surface area contributed by atoms with Crippen molar-refractivity contribution in [2.24, 2.45) is 0 Å². The van der Waals surface area contributed by atoms with E-state index in [0.29, 0.717) is 12.3 Å². The summed E-state index contributed by atoms with van der Waals surface area (Å²) in [5, 5.41) is 2.27. The first-order valence-corrected chi connectivity index (χ1v) is 11.5. The monoisotopic (exact) mass is 432 g/mol. The maximum absolute atomic E-state index is 13.2. The third-order valence-electron chi connectivity index (χ3n) is 6.44. The number of carbonyl (C=O) groups is 2. The average molecular weight is 433 g/mol. The number of piperidine rings is 1. The van der Waals surface area contributed by atoms with Crippen LogP contribution in [0.4, 0.5) is 0 Å². The molecule has 2 aromatic carbocycles. The standard InChI is InChI=1S/C26H28N2O4/c29-25(27-14-5-6-15-27)23-9-3-4-16-28(23)26(30)24-13-12-22(32-24)18-31-21-11-10-19-7-1-2-8-20(19)17-21/h1-2,7-8,10-13,17,23H,3-6,9,14-16,18H2. The molecule has 2 aliphatic rings. The van der Waals surface area contributed by atoms with E-state index in [1.165, 1.54) is 0 Å². The maximum atomic E-state index is 13.2. The van der Waals surface area contributed by atoms with Gasteiger partial charge in [-0.25, -0.2) is 0 Å². The summed E-state index contributed by atoms with van der Waals surface area (Å²) in [5.74, 6) is 1.48. The molecule has 5 rings (SSSR count). The highest BCUT2D eigenvalue weighted by Crippen LogP contribution is 2.25. The summed E-state index contributed by atoms with van der Waals surface area (Å²) in [4.78, 5) is 29.8. The highest BCUT2D eigenvalue weighted by atomic mass is 16.5. The van der Waals surface area contributed by atoms with Gasteiger partial charge in [0.1, 0.15) is 24.2 Å². The first kappa shape index (κ1) is 20.6. The molecule has 166 valence electrons. The highest BCUT2D eigenvalue weighted by molar-refractivity contribution is 5.95. The molecular weight excluding hydrogens is 404 g/mol. The molecule has 0 spiro atoms. The van der Waals surface area contributed by atoms with E-state index < -0.39 is 0 Å². The van der Waals surface area contributed by atoms with Crippen LogP contribution in [0, 0.1) is 0 Å². The number of amides is 2. The second kappa shape index (κ2) is 9.07. The van der Waals surface area contributed by atoms with Gasteiger partial charge >= 0.3 is 0 Å². The van der Waals surface area contributed by atoms with E-state index in [-0.39, 0.29) is 30.2 Å². The molecule has 0 N–H and O–H groups in total.